The SMILES string of the molecule is CCN(CC)S(=O)(=O)c1ccc(NC(=O)C2CCCN(Cc3nc(-c4ccccc4C)no3)C2)cc1. The molecule has 2 heterocycles. The summed E-state index contributed by atoms with van der Waals surface area (Å²) in [5, 5.41) is 7.07. The van der Waals surface area contributed by atoms with E-state index in [0.717, 1.165) is 30.5 Å². The van der Waals surface area contributed by atoms with E-state index >= 15 is 0 Å². The molecular weight excluding hydrogens is 478 g/mol. The van der Waals surface area contributed by atoms with Crippen LogP contribution < -0.4 is 5.32 Å². The second-order valence-electron chi connectivity index (χ2n) is 9.00. The van der Waals surface area contributed by atoms with E-state index in [-0.39, 0.29) is 16.7 Å². The van der Waals surface area contributed by atoms with Crippen molar-refractivity contribution in [2.24, 2.45) is 5.92 Å². The molecule has 1 atom stereocenters. The van der Waals surface area contributed by atoms with Gasteiger partial charge in [0.1, 0.15) is 0 Å². The molecule has 1 amide bonds. The molecule has 0 bridgehead atoms. The van der Waals surface area contributed by atoms with Crippen LogP contribution in [0.2, 0.25) is 0 Å². The highest BCUT2D eigenvalue weighted by atomic mass is 32.2. The first kappa shape index (κ1) is 26.0. The monoisotopic (exact) mass is 511 g/mol. The van der Waals surface area contributed by atoms with E-state index in [9.17, 15) is 13.2 Å². The van der Waals surface area contributed by atoms with Gasteiger partial charge in [0.05, 0.1) is 17.4 Å². The van der Waals surface area contributed by atoms with Gasteiger partial charge in [-0.25, -0.2) is 8.42 Å². The maximum Gasteiger partial charge on any atom is 0.243 e. The molecule has 1 N–H and O–H groups in total. The van der Waals surface area contributed by atoms with E-state index in [1.807, 2.05) is 45.0 Å². The van der Waals surface area contributed by atoms with Gasteiger partial charge in [-0.1, -0.05) is 43.3 Å². The summed E-state index contributed by atoms with van der Waals surface area (Å²) in [5.74, 6) is 0.835. The summed E-state index contributed by atoms with van der Waals surface area (Å²) in [5.41, 5.74) is 2.60. The molecule has 36 heavy (non-hydrogen) atoms. The van der Waals surface area contributed by atoms with Crippen LogP contribution in [0.25, 0.3) is 11.4 Å². The van der Waals surface area contributed by atoms with Crippen LogP contribution in [0.3, 0.4) is 0 Å². The average molecular weight is 512 g/mol. The predicted molar refractivity (Wildman–Crippen MR) is 138 cm³/mol. The fraction of sp³-hybridized carbons (Fsp3) is 0.423. The van der Waals surface area contributed by atoms with Crippen molar-refractivity contribution in [3.05, 3.63) is 60.0 Å². The maximum atomic E-state index is 13.0. The number of rotatable bonds is 9. The Morgan fingerprint density at radius 1 is 1.14 bits per heavy atom. The molecule has 1 aromatic heterocycles. The van der Waals surface area contributed by atoms with Crippen LogP contribution in [0.1, 0.15) is 38.1 Å². The Morgan fingerprint density at radius 3 is 2.56 bits per heavy atom. The van der Waals surface area contributed by atoms with Crippen molar-refractivity contribution in [1.82, 2.24) is 19.3 Å². The third kappa shape index (κ3) is 5.83. The molecule has 3 aromatic rings. The van der Waals surface area contributed by atoms with E-state index in [4.69, 9.17) is 4.52 Å². The van der Waals surface area contributed by atoms with E-state index < -0.39 is 10.0 Å². The lowest BCUT2D eigenvalue weighted by Crippen LogP contribution is -2.40. The smallest absolute Gasteiger partial charge is 0.243 e. The van der Waals surface area contributed by atoms with Gasteiger partial charge in [0.2, 0.25) is 27.6 Å². The first-order chi connectivity index (χ1) is 17.3. The molecule has 1 aliphatic heterocycles. The van der Waals surface area contributed by atoms with Gasteiger partial charge < -0.3 is 9.84 Å². The topological polar surface area (TPSA) is 109 Å². The Labute approximate surface area is 212 Å². The summed E-state index contributed by atoms with van der Waals surface area (Å²) in [4.78, 5) is 19.9. The van der Waals surface area contributed by atoms with Gasteiger partial charge in [-0.15, -0.1) is 0 Å². The average Bonchev–Trinajstić information content (AvgIpc) is 3.33. The lowest BCUT2D eigenvalue weighted by molar-refractivity contribution is -0.121. The Bertz CT molecular complexity index is 1290. The summed E-state index contributed by atoms with van der Waals surface area (Å²) >= 11 is 0. The number of anilines is 1. The van der Waals surface area contributed by atoms with Gasteiger partial charge >= 0.3 is 0 Å². The Kier molecular flexibility index (Phi) is 8.17. The van der Waals surface area contributed by atoms with Gasteiger partial charge in [0, 0.05) is 30.9 Å². The zero-order chi connectivity index (χ0) is 25.7. The number of hydrogen-bond acceptors (Lipinski definition) is 7. The number of likely N-dealkylation sites (tertiary alicyclic amines) is 1. The van der Waals surface area contributed by atoms with Crippen molar-refractivity contribution in [3.63, 3.8) is 0 Å². The normalized spacial score (nSPS) is 16.8. The minimum atomic E-state index is -3.53. The highest BCUT2D eigenvalue weighted by Crippen LogP contribution is 2.24. The van der Waals surface area contributed by atoms with Crippen LogP contribution in [0.15, 0.2) is 57.9 Å². The number of amides is 1. The molecule has 0 radical (unpaired) electrons. The Hall–Kier alpha value is -3.08. The lowest BCUT2D eigenvalue weighted by atomic mass is 9.97. The van der Waals surface area contributed by atoms with Crippen LogP contribution in [-0.2, 0) is 21.4 Å². The number of piperidine rings is 1. The third-order valence-electron chi connectivity index (χ3n) is 6.55. The summed E-state index contributed by atoms with van der Waals surface area (Å²) in [6.07, 6.45) is 1.67. The number of carbonyl (C=O) groups excluding carboxylic acids is 1. The number of hydrogen-bond donors (Lipinski definition) is 1. The molecule has 1 unspecified atom stereocenters. The molecule has 0 aliphatic carbocycles. The fourth-order valence-corrected chi connectivity index (χ4v) is 5.98. The molecule has 1 aliphatic rings. The van der Waals surface area contributed by atoms with Crippen molar-refractivity contribution >= 4 is 21.6 Å². The first-order valence-corrected chi connectivity index (χ1v) is 13.8. The highest BCUT2D eigenvalue weighted by molar-refractivity contribution is 7.89. The van der Waals surface area contributed by atoms with Crippen LogP contribution in [0, 0.1) is 12.8 Å². The van der Waals surface area contributed by atoms with Crippen molar-refractivity contribution in [3.8, 4) is 11.4 Å². The quantitative estimate of drug-likeness (QED) is 0.464. The van der Waals surface area contributed by atoms with Crippen LogP contribution in [0.5, 0.6) is 0 Å². The first-order valence-electron chi connectivity index (χ1n) is 12.3. The number of aromatic nitrogens is 2. The summed E-state index contributed by atoms with van der Waals surface area (Å²) in [7, 11) is -3.53. The van der Waals surface area contributed by atoms with Gasteiger partial charge in [-0.3, -0.25) is 9.69 Å². The van der Waals surface area contributed by atoms with E-state index in [1.165, 1.54) is 16.4 Å². The number of nitrogens with one attached hydrogen (secondary N) is 1. The molecular formula is C26H33N5O4S. The Balaban J connectivity index is 1.35. The van der Waals surface area contributed by atoms with Gasteiger partial charge in [0.15, 0.2) is 0 Å². The predicted octanol–water partition coefficient (Wildman–Crippen LogP) is 3.93. The van der Waals surface area contributed by atoms with Crippen LogP contribution >= 0.6 is 0 Å². The number of nitrogens with zero attached hydrogens (tertiary/aromatic N) is 4. The van der Waals surface area contributed by atoms with E-state index in [2.05, 4.69) is 20.4 Å². The molecule has 2 aromatic carbocycles. The van der Waals surface area contributed by atoms with Crippen molar-refractivity contribution < 1.29 is 17.7 Å². The number of aryl methyl sites for hydroxylation is 1. The summed E-state index contributed by atoms with van der Waals surface area (Å²) in [6, 6.07) is 14.3. The van der Waals surface area contributed by atoms with Crippen molar-refractivity contribution in [2.45, 2.75) is 45.1 Å². The molecule has 4 rings (SSSR count). The van der Waals surface area contributed by atoms with Crippen molar-refractivity contribution in [2.75, 3.05) is 31.5 Å². The third-order valence-corrected chi connectivity index (χ3v) is 8.62. The number of carbonyl (C=O) groups is 1. The largest absolute Gasteiger partial charge is 0.338 e. The summed E-state index contributed by atoms with van der Waals surface area (Å²) in [6.45, 7) is 8.37. The second kappa shape index (κ2) is 11.3. The minimum absolute atomic E-state index is 0.0785. The minimum Gasteiger partial charge on any atom is -0.338 e. The fourth-order valence-electron chi connectivity index (χ4n) is 4.52. The highest BCUT2D eigenvalue weighted by Gasteiger charge is 2.27. The van der Waals surface area contributed by atoms with Gasteiger partial charge in [0.25, 0.3) is 0 Å². The van der Waals surface area contributed by atoms with Crippen molar-refractivity contribution in [1.29, 1.82) is 0 Å². The molecule has 9 nitrogen and oxygen atoms in total. The molecule has 0 saturated carbocycles. The zero-order valence-corrected chi connectivity index (χ0v) is 21.8. The van der Waals surface area contributed by atoms with Gasteiger partial charge in [-0.2, -0.15) is 9.29 Å². The van der Waals surface area contributed by atoms with E-state index in [0.29, 0.717) is 43.6 Å². The molecule has 192 valence electrons. The number of sulfonamides is 1. The van der Waals surface area contributed by atoms with Gasteiger partial charge in [-0.05, 0) is 56.1 Å². The van der Waals surface area contributed by atoms with E-state index in [1.54, 1.807) is 12.1 Å². The summed E-state index contributed by atoms with van der Waals surface area (Å²) < 4.78 is 32.2. The molecule has 1 fully saturated rings. The molecule has 0 spiro atoms. The molecule has 1 saturated heterocycles. The molecule has 10 heteroatoms. The lowest BCUT2D eigenvalue weighted by Gasteiger charge is -2.30. The van der Waals surface area contributed by atoms with Crippen LogP contribution in [0.4, 0.5) is 5.69 Å². The standard InChI is InChI=1S/C26H33N5O4S/c1-4-31(5-2)36(33,34)22-14-12-21(13-15-22)27-26(32)20-10-8-16-30(17-20)18-24-28-25(29-35-24)23-11-7-6-9-19(23)3/h6-7,9,11-15,20H,4-5,8,10,16-18H2,1-3H3,(H,27,32). The Morgan fingerprint density at radius 2 is 1.86 bits per heavy atom. The van der Waals surface area contributed by atoms with Crippen LogP contribution in [-0.4, -0.2) is 59.8 Å². The second-order valence-corrected chi connectivity index (χ2v) is 10.9. The maximum absolute atomic E-state index is 13.0. The zero-order valence-electron chi connectivity index (χ0n) is 21.0. The number of benzene rings is 2.